The Morgan fingerprint density at radius 1 is 0.539 bits per heavy atom. The molecule has 0 unspecified atom stereocenters. The molecule has 25 heteroatoms. The molecular formula is C51H115N11O12S2. The number of aliphatic hydroxyl groups is 2. The van der Waals surface area contributed by atoms with Gasteiger partial charge in [0.15, 0.2) is 0 Å². The number of hydrogen-bond donors (Lipinski definition) is 15. The average Bonchev–Trinajstić information content (AvgIpc) is 3.41. The van der Waals surface area contributed by atoms with Crippen LogP contribution in [0.15, 0.2) is 30.3 Å². The number of esters is 3. The van der Waals surface area contributed by atoms with Gasteiger partial charge in [-0.1, -0.05) is 87.7 Å². The van der Waals surface area contributed by atoms with Crippen LogP contribution in [-0.4, -0.2) is 197 Å². The second-order valence-electron chi connectivity index (χ2n) is 15.2. The van der Waals surface area contributed by atoms with Gasteiger partial charge in [0.2, 0.25) is 17.7 Å². The molecule has 17 N–H and O–H groups in total. The first-order valence-electron chi connectivity index (χ1n) is 23.4. The Morgan fingerprint density at radius 3 is 1.01 bits per heavy atom. The largest absolute Gasteiger partial charge is 0.464 e. The summed E-state index contributed by atoms with van der Waals surface area (Å²) in [6.07, 6.45) is 6.99. The van der Waals surface area contributed by atoms with Crippen LogP contribution in [0.5, 0.6) is 0 Å². The summed E-state index contributed by atoms with van der Waals surface area (Å²) >= 11 is 7.06. The van der Waals surface area contributed by atoms with Crippen molar-refractivity contribution in [3.8, 4) is 0 Å². The third kappa shape index (κ3) is 57.7. The Balaban J connectivity index is -0.0000000801. The van der Waals surface area contributed by atoms with Gasteiger partial charge >= 0.3 is 17.9 Å². The lowest BCUT2D eigenvalue weighted by atomic mass is 10.0. The number of thiol groups is 2. The van der Waals surface area contributed by atoms with E-state index in [1.807, 2.05) is 58.0 Å². The highest BCUT2D eigenvalue weighted by molar-refractivity contribution is 7.79. The summed E-state index contributed by atoms with van der Waals surface area (Å²) in [6, 6.07) is 6.35. The number of ether oxygens (including phenoxy) is 3. The summed E-state index contributed by atoms with van der Waals surface area (Å²) in [5, 5.41) is 33.9. The van der Waals surface area contributed by atoms with E-state index in [0.717, 1.165) is 25.5 Å². The van der Waals surface area contributed by atoms with Crippen molar-refractivity contribution in [2.75, 3.05) is 102 Å². The number of carbonyl (C=O) groups is 7. The van der Waals surface area contributed by atoms with Gasteiger partial charge in [0.1, 0.15) is 24.4 Å². The number of aldehydes is 1. The highest BCUT2D eigenvalue weighted by Crippen LogP contribution is 2.08. The molecule has 1 rings (SSSR count). The molecule has 0 spiro atoms. The Bertz CT molecular complexity index is 1390. The second-order valence-corrected chi connectivity index (χ2v) is 15.2. The molecule has 0 fully saturated rings. The van der Waals surface area contributed by atoms with Gasteiger partial charge < -0.3 is 89.4 Å². The van der Waals surface area contributed by atoms with Gasteiger partial charge in [-0.3, -0.25) is 28.8 Å². The molecule has 0 aliphatic carbocycles. The van der Waals surface area contributed by atoms with Crippen molar-refractivity contribution in [3.05, 3.63) is 35.9 Å². The van der Waals surface area contributed by atoms with Crippen molar-refractivity contribution in [1.29, 1.82) is 0 Å². The number of amides is 3. The minimum Gasteiger partial charge on any atom is -0.464 e. The molecule has 1 aromatic rings. The molecule has 0 heterocycles. The van der Waals surface area contributed by atoms with Gasteiger partial charge in [-0.15, -0.1) is 0 Å². The quantitative estimate of drug-likeness (QED) is 0.0249. The van der Waals surface area contributed by atoms with Crippen molar-refractivity contribution in [2.45, 2.75) is 138 Å². The van der Waals surface area contributed by atoms with Gasteiger partial charge in [-0.05, 0) is 84.4 Å². The van der Waals surface area contributed by atoms with Gasteiger partial charge in [0.05, 0.1) is 50.6 Å². The average molecular weight is 1140 g/mol. The van der Waals surface area contributed by atoms with Crippen LogP contribution in [0.25, 0.3) is 0 Å². The molecule has 76 heavy (non-hydrogen) atoms. The van der Waals surface area contributed by atoms with Crippen LogP contribution in [0.1, 0.15) is 95.1 Å². The lowest BCUT2D eigenvalue weighted by molar-refractivity contribution is -0.147. The smallest absolute Gasteiger partial charge is 0.323 e. The van der Waals surface area contributed by atoms with Crippen LogP contribution in [-0.2, 0) is 54.2 Å². The molecule has 7 atom stereocenters. The number of aliphatic hydroxyl groups excluding tert-OH is 2. The topological polar surface area (TPSA) is 376 Å². The summed E-state index contributed by atoms with van der Waals surface area (Å²) in [5.41, 5.74) is 22.3. The van der Waals surface area contributed by atoms with Crippen LogP contribution in [0.3, 0.4) is 0 Å². The lowest BCUT2D eigenvalue weighted by Gasteiger charge is -2.17. The first-order valence-corrected chi connectivity index (χ1v) is 25.2. The summed E-state index contributed by atoms with van der Waals surface area (Å²) in [7, 11) is 13.8. The first kappa shape index (κ1) is 97.6. The van der Waals surface area contributed by atoms with Crippen LogP contribution in [0, 0.1) is 11.8 Å². The molecule has 0 radical (unpaired) electrons. The molecule has 1 aromatic carbocycles. The maximum atomic E-state index is 12.0. The minimum atomic E-state index is -0.662. The third-order valence-corrected chi connectivity index (χ3v) is 9.10. The molecule has 0 saturated carbocycles. The Kier molecular flexibility index (Phi) is 91.1. The van der Waals surface area contributed by atoms with Crippen LogP contribution < -0.4 is 60.2 Å². The molecule has 23 nitrogen and oxygen atoms in total. The molecule has 458 valence electrons. The second kappa shape index (κ2) is 71.0. The molecule has 0 aliphatic heterocycles. The van der Waals surface area contributed by atoms with Crippen molar-refractivity contribution in [2.24, 2.45) is 34.8 Å². The Labute approximate surface area is 471 Å². The third-order valence-electron chi connectivity index (χ3n) is 9.10. The van der Waals surface area contributed by atoms with Crippen molar-refractivity contribution in [1.82, 2.24) is 37.2 Å². The van der Waals surface area contributed by atoms with E-state index in [1.54, 1.807) is 40.7 Å². The maximum absolute atomic E-state index is 12.0. The summed E-state index contributed by atoms with van der Waals surface area (Å²) < 4.78 is 15.4. The van der Waals surface area contributed by atoms with E-state index in [1.165, 1.54) is 28.2 Å². The zero-order chi connectivity index (χ0) is 57.6. The fourth-order valence-corrected chi connectivity index (χ4v) is 5.07. The van der Waals surface area contributed by atoms with Gasteiger partial charge in [0, 0.05) is 47.5 Å². The Hall–Kier alpha value is -3.99. The van der Waals surface area contributed by atoms with Crippen LogP contribution in [0.2, 0.25) is 0 Å². The zero-order valence-corrected chi connectivity index (χ0v) is 47.7. The number of hydrogen-bond acceptors (Lipinski definition) is 22. The van der Waals surface area contributed by atoms with Crippen molar-refractivity contribution < 1.29 is 58.0 Å². The molecule has 0 aliphatic rings. The van der Waals surface area contributed by atoms with E-state index in [4.69, 9.17) is 41.6 Å². The van der Waals surface area contributed by atoms with Gasteiger partial charge in [0.25, 0.3) is 0 Å². The molecule has 3 amide bonds. The summed E-state index contributed by atoms with van der Waals surface area (Å²) in [4.78, 5) is 78.6. The number of nitrogens with one attached hydrogen (secondary N) is 7. The lowest BCUT2D eigenvalue weighted by Crippen LogP contribution is -2.41. The summed E-state index contributed by atoms with van der Waals surface area (Å²) in [6.45, 7) is 8.48. The standard InChI is InChI=1S/C15H23N3O3.2C12H25N3O3.C4H9NO2.CH5N.CH4O.2CH4S.4CH4/c1-17-13(10-11-6-4-3-5-7-11)15(20)21-9-8-12(16)14(19)18-2;2*1-8(2)7-10(14-3)12(17)18-6-5-9(13)11(16)15-4;1-5-4(2-6)3-7;4*1-2;;;;/h3-7,12-13,17H,8-10,16H2,1-2H3,(H,18,19);2*8-10,14H,5-7,13H2,1-4H3,(H,15,16);2,4-5,7H,3H2,1H3;2H2,1H3;3*2H,1H3;4*1H4/t12-,13-;2*9-,10-;4-;;;;;;;;/m0001......../s1. The molecule has 0 aromatic heterocycles. The number of rotatable bonds is 27. The number of nitrogens with two attached hydrogens (primary N) is 4. The van der Waals surface area contributed by atoms with Gasteiger partial charge in [-0.25, -0.2) is 0 Å². The highest BCUT2D eigenvalue weighted by atomic mass is 32.1. The van der Waals surface area contributed by atoms with Crippen molar-refractivity contribution in [3.63, 3.8) is 0 Å². The molecular weight excluding hydrogens is 1020 g/mol. The molecule has 0 saturated heterocycles. The van der Waals surface area contributed by atoms with E-state index in [0.29, 0.717) is 43.8 Å². The number of likely N-dealkylation sites (N-methyl/N-ethyl adjacent to an activating group) is 7. The maximum Gasteiger partial charge on any atom is 0.323 e. The SMILES string of the molecule is C.C.C.C.CN.CNC(=O)[C@@H](N)CCOC(=O)[C@H](CC(C)C)NC.CNC(=O)[C@@H](N)CCOC(=O)[C@H](CC(C)C)NC.CNC(=O)[C@@H](N)CCOC(=O)[C@H](Cc1ccccc1)NC.CN[C@H](C=O)CO.CO.CS.CS. The van der Waals surface area contributed by atoms with Crippen LogP contribution >= 0.6 is 25.3 Å². The zero-order valence-electron chi connectivity index (χ0n) is 45.9. The monoisotopic (exact) mass is 1140 g/mol. The van der Waals surface area contributed by atoms with E-state index in [9.17, 15) is 33.6 Å². The number of benzene rings is 1. The van der Waals surface area contributed by atoms with E-state index < -0.39 is 24.2 Å². The summed E-state index contributed by atoms with van der Waals surface area (Å²) in [5.74, 6) is -0.889. The first-order chi connectivity index (χ1) is 34.3. The fraction of sp³-hybridized carbons (Fsp3) is 0.745. The Morgan fingerprint density at radius 2 is 0.816 bits per heavy atom. The van der Waals surface area contributed by atoms with Crippen LogP contribution in [0.4, 0.5) is 0 Å². The minimum absolute atomic E-state index is 0. The normalized spacial score (nSPS) is 11.9. The predicted octanol–water partition coefficient (Wildman–Crippen LogP) is 0.663. The van der Waals surface area contributed by atoms with E-state index in [-0.39, 0.29) is 110 Å². The molecule has 0 bridgehead atoms. The van der Waals surface area contributed by atoms with E-state index >= 15 is 0 Å². The van der Waals surface area contributed by atoms with Gasteiger partial charge in [-0.2, -0.15) is 25.3 Å². The number of carbonyl (C=O) groups excluding carboxylic acids is 7. The van der Waals surface area contributed by atoms with Crippen molar-refractivity contribution >= 4 is 67.2 Å². The fourth-order valence-electron chi connectivity index (χ4n) is 5.07. The van der Waals surface area contributed by atoms with E-state index in [2.05, 4.69) is 68.2 Å². The highest BCUT2D eigenvalue weighted by Gasteiger charge is 2.22. The predicted molar refractivity (Wildman–Crippen MR) is 321 cm³/mol.